The smallest absolute Gasteiger partial charge is 0.129 e. The minimum atomic E-state index is -0.398. The van der Waals surface area contributed by atoms with Gasteiger partial charge in [0, 0.05) is 16.6 Å². The van der Waals surface area contributed by atoms with Crippen LogP contribution >= 0.6 is 11.6 Å². The zero-order valence-corrected chi connectivity index (χ0v) is 11.3. The molecule has 2 aromatic carbocycles. The molecule has 0 aliphatic rings. The van der Waals surface area contributed by atoms with Crippen LogP contribution in [0.2, 0.25) is 5.02 Å². The third-order valence-corrected chi connectivity index (χ3v) is 3.21. The lowest BCUT2D eigenvalue weighted by Crippen LogP contribution is -2.15. The molecule has 2 aromatic rings. The summed E-state index contributed by atoms with van der Waals surface area (Å²) in [7, 11) is 1.61. The predicted molar refractivity (Wildman–Crippen MR) is 75.0 cm³/mol. The number of nitrogens with two attached hydrogens (primary N) is 1. The second kappa shape index (κ2) is 6.04. The quantitative estimate of drug-likeness (QED) is 0.925. The van der Waals surface area contributed by atoms with Gasteiger partial charge in [0.15, 0.2) is 0 Å². The number of methoxy groups -OCH3 is 1. The van der Waals surface area contributed by atoms with Crippen molar-refractivity contribution in [1.82, 2.24) is 0 Å². The van der Waals surface area contributed by atoms with Crippen LogP contribution in [0, 0.1) is 5.82 Å². The highest BCUT2D eigenvalue weighted by Crippen LogP contribution is 2.23. The normalized spacial score (nSPS) is 12.2. The molecule has 0 saturated carbocycles. The lowest BCUT2D eigenvalue weighted by atomic mass is 9.99. The lowest BCUT2D eigenvalue weighted by molar-refractivity contribution is 0.414. The Bertz CT molecular complexity index is 557. The van der Waals surface area contributed by atoms with Crippen LogP contribution in [-0.4, -0.2) is 7.11 Å². The Labute approximate surface area is 117 Å². The van der Waals surface area contributed by atoms with Crippen LogP contribution in [0.3, 0.4) is 0 Å². The van der Waals surface area contributed by atoms with Crippen molar-refractivity contribution in [3.63, 3.8) is 0 Å². The van der Waals surface area contributed by atoms with Gasteiger partial charge in [-0.15, -0.1) is 0 Å². The summed E-state index contributed by atoms with van der Waals surface area (Å²) in [5.74, 6) is 0.420. The van der Waals surface area contributed by atoms with Crippen molar-refractivity contribution in [2.75, 3.05) is 7.11 Å². The molecule has 0 fully saturated rings. The van der Waals surface area contributed by atoms with Gasteiger partial charge in [-0.25, -0.2) is 4.39 Å². The zero-order chi connectivity index (χ0) is 13.8. The van der Waals surface area contributed by atoms with Crippen LogP contribution in [0.5, 0.6) is 5.75 Å². The van der Waals surface area contributed by atoms with E-state index in [1.54, 1.807) is 19.2 Å². The number of rotatable bonds is 4. The maximum absolute atomic E-state index is 13.7. The predicted octanol–water partition coefficient (Wildman–Crippen LogP) is 3.73. The Morgan fingerprint density at radius 2 is 1.89 bits per heavy atom. The van der Waals surface area contributed by atoms with E-state index in [0.29, 0.717) is 17.0 Å². The Kier molecular flexibility index (Phi) is 4.40. The minimum Gasteiger partial charge on any atom is -0.497 e. The highest BCUT2D eigenvalue weighted by Gasteiger charge is 2.12. The fraction of sp³-hybridized carbons (Fsp3) is 0.200. The van der Waals surface area contributed by atoms with E-state index in [9.17, 15) is 4.39 Å². The zero-order valence-electron chi connectivity index (χ0n) is 10.6. The monoisotopic (exact) mass is 279 g/mol. The van der Waals surface area contributed by atoms with Crippen LogP contribution < -0.4 is 10.5 Å². The highest BCUT2D eigenvalue weighted by atomic mass is 35.5. The van der Waals surface area contributed by atoms with Gasteiger partial charge >= 0.3 is 0 Å². The molecule has 2 nitrogen and oxygen atoms in total. The third kappa shape index (κ3) is 3.46. The van der Waals surface area contributed by atoms with Gasteiger partial charge in [-0.3, -0.25) is 0 Å². The molecule has 1 unspecified atom stereocenters. The first-order valence-electron chi connectivity index (χ1n) is 5.93. The number of benzene rings is 2. The molecular weight excluding hydrogens is 265 g/mol. The molecule has 2 rings (SSSR count). The molecular formula is C15H15ClFNO. The van der Waals surface area contributed by atoms with Crippen molar-refractivity contribution >= 4 is 11.6 Å². The van der Waals surface area contributed by atoms with Gasteiger partial charge in [0.1, 0.15) is 11.6 Å². The summed E-state index contributed by atoms with van der Waals surface area (Å²) in [6.07, 6.45) is 0.558. The van der Waals surface area contributed by atoms with Gasteiger partial charge in [-0.05, 0) is 36.2 Å². The molecule has 0 aliphatic heterocycles. The van der Waals surface area contributed by atoms with Crippen LogP contribution in [0.4, 0.5) is 4.39 Å². The lowest BCUT2D eigenvalue weighted by Gasteiger charge is -2.13. The number of ether oxygens (including phenoxy) is 1. The summed E-state index contributed by atoms with van der Waals surface area (Å²) < 4.78 is 18.8. The van der Waals surface area contributed by atoms with Crippen molar-refractivity contribution in [3.05, 3.63) is 64.4 Å². The highest BCUT2D eigenvalue weighted by molar-refractivity contribution is 6.30. The van der Waals surface area contributed by atoms with Gasteiger partial charge in [-0.1, -0.05) is 29.8 Å². The van der Waals surface area contributed by atoms with Crippen molar-refractivity contribution in [1.29, 1.82) is 0 Å². The summed E-state index contributed by atoms with van der Waals surface area (Å²) in [4.78, 5) is 0. The average molecular weight is 280 g/mol. The Hall–Kier alpha value is -1.58. The molecule has 0 radical (unpaired) electrons. The number of halogens is 2. The van der Waals surface area contributed by atoms with Crippen molar-refractivity contribution in [2.24, 2.45) is 5.73 Å². The Balaban J connectivity index is 2.13. The molecule has 0 heterocycles. The fourth-order valence-electron chi connectivity index (χ4n) is 1.93. The van der Waals surface area contributed by atoms with E-state index in [4.69, 9.17) is 22.1 Å². The van der Waals surface area contributed by atoms with E-state index in [0.717, 1.165) is 11.3 Å². The topological polar surface area (TPSA) is 35.2 Å². The molecule has 1 atom stereocenters. The first-order chi connectivity index (χ1) is 9.10. The average Bonchev–Trinajstić information content (AvgIpc) is 2.39. The maximum Gasteiger partial charge on any atom is 0.129 e. The fourth-order valence-corrected chi connectivity index (χ4v) is 2.09. The van der Waals surface area contributed by atoms with Gasteiger partial charge in [0.2, 0.25) is 0 Å². The summed E-state index contributed by atoms with van der Waals surface area (Å²) in [6, 6.07) is 11.7. The van der Waals surface area contributed by atoms with Crippen LogP contribution in [0.25, 0.3) is 0 Å². The first kappa shape index (κ1) is 13.8. The van der Waals surface area contributed by atoms with E-state index in [1.165, 1.54) is 6.07 Å². The molecule has 0 amide bonds. The van der Waals surface area contributed by atoms with Gasteiger partial charge in [0.05, 0.1) is 7.11 Å². The van der Waals surface area contributed by atoms with E-state index < -0.39 is 6.04 Å². The molecule has 19 heavy (non-hydrogen) atoms. The molecule has 0 saturated heterocycles. The standard InChI is InChI=1S/C15H15ClFNO/c1-19-12-5-2-10(3-6-12)8-15(18)13-7-4-11(16)9-14(13)17/h2-7,9,15H,8,18H2,1H3. The molecule has 0 spiro atoms. The van der Waals surface area contributed by atoms with Crippen molar-refractivity contribution in [2.45, 2.75) is 12.5 Å². The van der Waals surface area contributed by atoms with Crippen LogP contribution in [0.1, 0.15) is 17.2 Å². The van der Waals surface area contributed by atoms with E-state index in [2.05, 4.69) is 0 Å². The Morgan fingerprint density at radius 1 is 1.21 bits per heavy atom. The number of hydrogen-bond donors (Lipinski definition) is 1. The molecule has 4 heteroatoms. The van der Waals surface area contributed by atoms with Crippen molar-refractivity contribution in [3.8, 4) is 5.75 Å². The van der Waals surface area contributed by atoms with Crippen molar-refractivity contribution < 1.29 is 9.13 Å². The summed E-state index contributed by atoms with van der Waals surface area (Å²) in [5, 5.41) is 0.373. The number of hydrogen-bond acceptors (Lipinski definition) is 2. The second-order valence-corrected chi connectivity index (χ2v) is 4.76. The molecule has 0 aromatic heterocycles. The first-order valence-corrected chi connectivity index (χ1v) is 6.31. The van der Waals surface area contributed by atoms with Gasteiger partial charge in [-0.2, -0.15) is 0 Å². The molecule has 2 N–H and O–H groups in total. The van der Waals surface area contributed by atoms with Gasteiger partial charge < -0.3 is 10.5 Å². The largest absolute Gasteiger partial charge is 0.497 e. The van der Waals surface area contributed by atoms with E-state index in [1.807, 2.05) is 24.3 Å². The second-order valence-electron chi connectivity index (χ2n) is 4.32. The summed E-state index contributed by atoms with van der Waals surface area (Å²) in [5.41, 5.74) is 7.54. The van der Waals surface area contributed by atoms with Gasteiger partial charge in [0.25, 0.3) is 0 Å². The van der Waals surface area contributed by atoms with E-state index >= 15 is 0 Å². The summed E-state index contributed by atoms with van der Waals surface area (Å²) in [6.45, 7) is 0. The molecule has 100 valence electrons. The maximum atomic E-state index is 13.7. The SMILES string of the molecule is COc1ccc(CC(N)c2ccc(Cl)cc2F)cc1. The third-order valence-electron chi connectivity index (χ3n) is 2.98. The van der Waals surface area contributed by atoms with Crippen LogP contribution in [-0.2, 0) is 6.42 Å². The molecule has 0 bridgehead atoms. The van der Waals surface area contributed by atoms with Crippen LogP contribution in [0.15, 0.2) is 42.5 Å². The van der Waals surface area contributed by atoms with E-state index in [-0.39, 0.29) is 5.82 Å². The Morgan fingerprint density at radius 3 is 2.47 bits per heavy atom. The minimum absolute atomic E-state index is 0.367. The summed E-state index contributed by atoms with van der Waals surface area (Å²) >= 11 is 5.72. The molecule has 0 aliphatic carbocycles.